The highest BCUT2D eigenvalue weighted by atomic mass is 19.3. The average Bonchev–Trinajstić information content (AvgIpc) is 2.15. The molecule has 1 fully saturated rings. The molecule has 1 N–H and O–H groups in total. The van der Waals surface area contributed by atoms with Crippen molar-refractivity contribution in [1.29, 1.82) is 0 Å². The van der Waals surface area contributed by atoms with Gasteiger partial charge in [0, 0.05) is 0 Å². The first-order valence-corrected chi connectivity index (χ1v) is 4.83. The van der Waals surface area contributed by atoms with Gasteiger partial charge in [-0.15, -0.1) is 0 Å². The number of hydrogen-bond acceptors (Lipinski definition) is 1. The molecule has 1 rings (SSSR count). The Balaban J connectivity index is 2.29. The highest BCUT2D eigenvalue weighted by molar-refractivity contribution is 5.69. The fourth-order valence-electron chi connectivity index (χ4n) is 1.90. The predicted molar refractivity (Wildman–Crippen MR) is 48.0 cm³/mol. The van der Waals surface area contributed by atoms with Crippen LogP contribution in [-0.2, 0) is 4.79 Å². The van der Waals surface area contributed by atoms with Crippen LogP contribution in [0, 0.1) is 11.8 Å². The van der Waals surface area contributed by atoms with Crippen molar-refractivity contribution in [2.75, 3.05) is 0 Å². The van der Waals surface area contributed by atoms with Gasteiger partial charge in [-0.1, -0.05) is 0 Å². The van der Waals surface area contributed by atoms with E-state index in [0.717, 1.165) is 18.9 Å². The minimum atomic E-state index is -1.63. The molecule has 0 saturated heterocycles. The van der Waals surface area contributed by atoms with Gasteiger partial charge in [-0.3, -0.25) is 4.79 Å². The fourth-order valence-corrected chi connectivity index (χ4v) is 1.90. The second-order valence-corrected chi connectivity index (χ2v) is 3.79. The molecule has 0 aromatic heterocycles. The van der Waals surface area contributed by atoms with Crippen molar-refractivity contribution >= 4 is 5.97 Å². The van der Waals surface area contributed by atoms with Gasteiger partial charge in [0.05, 0.1) is 5.92 Å². The number of aliphatic carboxylic acids is 1. The quantitative estimate of drug-likeness (QED) is 0.767. The average molecular weight is 204 g/mol. The van der Waals surface area contributed by atoms with E-state index in [9.17, 15) is 13.6 Å². The molecule has 0 atom stereocenters. The second-order valence-electron chi connectivity index (χ2n) is 3.79. The second kappa shape index (κ2) is 5.08. The van der Waals surface area contributed by atoms with E-state index in [4.69, 9.17) is 5.11 Å². The summed E-state index contributed by atoms with van der Waals surface area (Å²) < 4.78 is 23.5. The van der Waals surface area contributed by atoms with Crippen molar-refractivity contribution in [3.63, 3.8) is 0 Å². The maximum absolute atomic E-state index is 11.8. The van der Waals surface area contributed by atoms with E-state index in [1.807, 2.05) is 0 Å². The molecule has 0 bridgehead atoms. The Hall–Kier alpha value is -0.930. The molecular formula is C10H14F2O2. The van der Waals surface area contributed by atoms with Crippen molar-refractivity contribution in [3.05, 3.63) is 12.2 Å². The molecule has 2 nitrogen and oxygen atoms in total. The number of carboxylic acid groups (broad SMARTS) is 1. The third-order valence-corrected chi connectivity index (χ3v) is 2.80. The topological polar surface area (TPSA) is 37.3 Å². The van der Waals surface area contributed by atoms with Gasteiger partial charge in [-0.25, -0.2) is 0 Å². The molecule has 0 aromatic carbocycles. The molecule has 0 amide bonds. The van der Waals surface area contributed by atoms with Crippen LogP contribution >= 0.6 is 0 Å². The van der Waals surface area contributed by atoms with E-state index in [2.05, 4.69) is 0 Å². The summed E-state index contributed by atoms with van der Waals surface area (Å²) in [5, 5.41) is 8.71. The molecule has 0 aliphatic heterocycles. The van der Waals surface area contributed by atoms with Gasteiger partial charge in [0.25, 0.3) is 6.08 Å². The van der Waals surface area contributed by atoms with Crippen molar-refractivity contribution in [2.24, 2.45) is 11.8 Å². The van der Waals surface area contributed by atoms with E-state index in [1.165, 1.54) is 0 Å². The van der Waals surface area contributed by atoms with Gasteiger partial charge >= 0.3 is 5.97 Å². The van der Waals surface area contributed by atoms with E-state index in [0.29, 0.717) is 19.3 Å². The minimum absolute atomic E-state index is 0.243. The first-order chi connectivity index (χ1) is 6.59. The van der Waals surface area contributed by atoms with Crippen molar-refractivity contribution in [1.82, 2.24) is 0 Å². The summed E-state index contributed by atoms with van der Waals surface area (Å²) in [6, 6.07) is 0. The lowest BCUT2D eigenvalue weighted by Gasteiger charge is -2.24. The van der Waals surface area contributed by atoms with E-state index in [-0.39, 0.29) is 11.8 Å². The maximum Gasteiger partial charge on any atom is 0.306 e. The molecular weight excluding hydrogens is 190 g/mol. The van der Waals surface area contributed by atoms with Crippen LogP contribution in [0.15, 0.2) is 12.2 Å². The van der Waals surface area contributed by atoms with E-state index >= 15 is 0 Å². The highest BCUT2D eigenvalue weighted by Gasteiger charge is 2.25. The van der Waals surface area contributed by atoms with Gasteiger partial charge < -0.3 is 5.11 Å². The first-order valence-electron chi connectivity index (χ1n) is 4.83. The Morgan fingerprint density at radius 3 is 2.29 bits per heavy atom. The summed E-state index contributed by atoms with van der Waals surface area (Å²) in [6.07, 6.45) is 2.44. The van der Waals surface area contributed by atoms with Gasteiger partial charge in [0.2, 0.25) is 0 Å². The lowest BCUT2D eigenvalue weighted by Crippen LogP contribution is -2.21. The van der Waals surface area contributed by atoms with Crippen LogP contribution in [0.1, 0.15) is 32.1 Å². The van der Waals surface area contributed by atoms with E-state index in [1.54, 1.807) is 0 Å². The minimum Gasteiger partial charge on any atom is -0.481 e. The molecule has 0 unspecified atom stereocenters. The molecule has 14 heavy (non-hydrogen) atoms. The van der Waals surface area contributed by atoms with Gasteiger partial charge in [-0.05, 0) is 44.1 Å². The molecule has 1 aliphatic carbocycles. The SMILES string of the molecule is O=C(O)[C@H]1CC[C@H](CC=C(F)F)CC1. The zero-order valence-electron chi connectivity index (χ0n) is 7.88. The molecule has 0 aromatic rings. The van der Waals surface area contributed by atoms with Crippen molar-refractivity contribution < 1.29 is 18.7 Å². The van der Waals surface area contributed by atoms with Gasteiger partial charge in [0.1, 0.15) is 0 Å². The molecule has 4 heteroatoms. The first kappa shape index (κ1) is 11.1. The van der Waals surface area contributed by atoms with E-state index < -0.39 is 12.0 Å². The van der Waals surface area contributed by atoms with Crippen LogP contribution in [0.4, 0.5) is 8.78 Å². The normalized spacial score (nSPS) is 27.0. The zero-order valence-corrected chi connectivity index (χ0v) is 7.88. The molecule has 0 heterocycles. The van der Waals surface area contributed by atoms with Gasteiger partial charge in [-0.2, -0.15) is 8.78 Å². The summed E-state index contributed by atoms with van der Waals surface area (Å²) in [5.74, 6) is -0.770. The third-order valence-electron chi connectivity index (χ3n) is 2.80. The van der Waals surface area contributed by atoms with Crippen LogP contribution in [0.25, 0.3) is 0 Å². The van der Waals surface area contributed by atoms with Crippen molar-refractivity contribution in [3.8, 4) is 0 Å². The number of rotatable bonds is 3. The maximum atomic E-state index is 11.8. The summed E-state index contributed by atoms with van der Waals surface area (Å²) in [5.41, 5.74) is 0. The summed E-state index contributed by atoms with van der Waals surface area (Å²) >= 11 is 0. The Morgan fingerprint density at radius 1 is 1.29 bits per heavy atom. The monoisotopic (exact) mass is 204 g/mol. The van der Waals surface area contributed by atoms with Crippen LogP contribution in [0.5, 0.6) is 0 Å². The lowest BCUT2D eigenvalue weighted by atomic mass is 9.80. The predicted octanol–water partition coefficient (Wildman–Crippen LogP) is 3.05. The Kier molecular flexibility index (Phi) is 4.04. The van der Waals surface area contributed by atoms with Crippen LogP contribution in [0.2, 0.25) is 0 Å². The smallest absolute Gasteiger partial charge is 0.306 e. The molecule has 1 aliphatic rings. The fraction of sp³-hybridized carbons (Fsp3) is 0.700. The zero-order chi connectivity index (χ0) is 10.6. The molecule has 0 radical (unpaired) electrons. The van der Waals surface area contributed by atoms with Crippen LogP contribution < -0.4 is 0 Å². The summed E-state index contributed by atoms with van der Waals surface area (Å²) in [4.78, 5) is 10.6. The molecule has 1 saturated carbocycles. The summed E-state index contributed by atoms with van der Waals surface area (Å²) in [6.45, 7) is 0. The Labute approximate surface area is 81.6 Å². The standard InChI is InChI=1S/C10H14F2O2/c11-9(12)6-3-7-1-4-8(5-2-7)10(13)14/h6-8H,1-5H2,(H,13,14)/t7-,8-. The largest absolute Gasteiger partial charge is 0.481 e. The lowest BCUT2D eigenvalue weighted by molar-refractivity contribution is -0.143. The van der Waals surface area contributed by atoms with Crippen molar-refractivity contribution in [2.45, 2.75) is 32.1 Å². The number of allylic oxidation sites excluding steroid dienone is 1. The van der Waals surface area contributed by atoms with Gasteiger partial charge in [0.15, 0.2) is 0 Å². The highest BCUT2D eigenvalue weighted by Crippen LogP contribution is 2.31. The Morgan fingerprint density at radius 2 is 1.86 bits per heavy atom. The Bertz CT molecular complexity index is 226. The molecule has 80 valence electrons. The third kappa shape index (κ3) is 3.44. The van der Waals surface area contributed by atoms with Crippen LogP contribution in [-0.4, -0.2) is 11.1 Å². The summed E-state index contributed by atoms with van der Waals surface area (Å²) in [7, 11) is 0. The number of carbonyl (C=O) groups is 1. The number of hydrogen-bond donors (Lipinski definition) is 1. The molecule has 0 spiro atoms. The van der Waals surface area contributed by atoms with Crippen LogP contribution in [0.3, 0.4) is 0 Å². The number of halogens is 2. The number of carboxylic acids is 1.